The Labute approximate surface area is 138 Å². The Morgan fingerprint density at radius 2 is 2.10 bits per heavy atom. The zero-order chi connectivity index (χ0) is 15.2. The molecular formula is C16H20BrNO2S. The number of rotatable bonds is 7. The number of aryl methyl sites for hydroxylation is 1. The maximum absolute atomic E-state index is 5.67. The second kappa shape index (κ2) is 7.94. The molecule has 0 aliphatic heterocycles. The largest absolute Gasteiger partial charge is 0.490 e. The third-order valence-corrected chi connectivity index (χ3v) is 4.99. The highest BCUT2D eigenvalue weighted by Gasteiger charge is 2.16. The van der Waals surface area contributed by atoms with Gasteiger partial charge < -0.3 is 14.8 Å². The van der Waals surface area contributed by atoms with E-state index in [1.807, 2.05) is 13.1 Å². The molecule has 0 aliphatic rings. The highest BCUT2D eigenvalue weighted by Crippen LogP contribution is 2.33. The lowest BCUT2D eigenvalue weighted by atomic mass is 10.0. The van der Waals surface area contributed by atoms with Gasteiger partial charge in [0.2, 0.25) is 0 Å². The van der Waals surface area contributed by atoms with Gasteiger partial charge >= 0.3 is 0 Å². The molecule has 0 aliphatic carbocycles. The first-order chi connectivity index (χ1) is 10.2. The summed E-state index contributed by atoms with van der Waals surface area (Å²) in [5.74, 6) is 0.841. The minimum absolute atomic E-state index is 0.203. The number of thiophene rings is 1. The molecule has 0 fully saturated rings. The summed E-state index contributed by atoms with van der Waals surface area (Å²) in [6.45, 7) is 3.28. The van der Waals surface area contributed by atoms with Gasteiger partial charge in [-0.25, -0.2) is 0 Å². The van der Waals surface area contributed by atoms with E-state index in [1.54, 1.807) is 18.4 Å². The molecule has 0 bridgehead atoms. The molecule has 0 saturated carbocycles. The first kappa shape index (κ1) is 16.5. The van der Waals surface area contributed by atoms with E-state index in [4.69, 9.17) is 9.47 Å². The van der Waals surface area contributed by atoms with E-state index in [1.165, 1.54) is 16.0 Å². The van der Waals surface area contributed by atoms with E-state index in [9.17, 15) is 0 Å². The van der Waals surface area contributed by atoms with Gasteiger partial charge in [-0.05, 0) is 64.6 Å². The molecule has 21 heavy (non-hydrogen) atoms. The summed E-state index contributed by atoms with van der Waals surface area (Å²) >= 11 is 5.37. The number of ether oxygens (including phenoxy) is 2. The van der Waals surface area contributed by atoms with E-state index in [0.717, 1.165) is 10.2 Å². The lowest BCUT2D eigenvalue weighted by Gasteiger charge is -2.18. The molecule has 0 spiro atoms. The normalized spacial score (nSPS) is 12.4. The number of methoxy groups -OCH3 is 1. The first-order valence-corrected chi connectivity index (χ1v) is 8.47. The van der Waals surface area contributed by atoms with E-state index >= 15 is 0 Å². The van der Waals surface area contributed by atoms with Crippen LogP contribution in [0.2, 0.25) is 0 Å². The summed E-state index contributed by atoms with van der Waals surface area (Å²) in [6.07, 6.45) is 0. The van der Waals surface area contributed by atoms with Gasteiger partial charge in [0.05, 0.1) is 17.1 Å². The summed E-state index contributed by atoms with van der Waals surface area (Å²) in [5, 5.41) is 5.52. The monoisotopic (exact) mass is 369 g/mol. The van der Waals surface area contributed by atoms with Crippen LogP contribution in [0.4, 0.5) is 0 Å². The van der Waals surface area contributed by atoms with Gasteiger partial charge in [0, 0.05) is 12.0 Å². The maximum Gasteiger partial charge on any atom is 0.133 e. The van der Waals surface area contributed by atoms with Gasteiger partial charge in [-0.3, -0.25) is 0 Å². The van der Waals surface area contributed by atoms with Crippen molar-refractivity contribution in [1.82, 2.24) is 5.32 Å². The highest BCUT2D eigenvalue weighted by atomic mass is 79.9. The number of nitrogens with one attached hydrogen (secondary N) is 1. The van der Waals surface area contributed by atoms with Crippen LogP contribution in [-0.4, -0.2) is 27.4 Å². The van der Waals surface area contributed by atoms with Gasteiger partial charge in [0.1, 0.15) is 12.4 Å². The third-order valence-electron chi connectivity index (χ3n) is 3.29. The predicted molar refractivity (Wildman–Crippen MR) is 91.5 cm³/mol. The molecule has 3 nitrogen and oxygen atoms in total. The topological polar surface area (TPSA) is 30.5 Å². The van der Waals surface area contributed by atoms with Crippen molar-refractivity contribution in [3.63, 3.8) is 0 Å². The molecule has 1 aromatic carbocycles. The van der Waals surface area contributed by atoms with Gasteiger partial charge in [0.15, 0.2) is 0 Å². The molecule has 1 N–H and O–H groups in total. The van der Waals surface area contributed by atoms with Crippen molar-refractivity contribution in [2.24, 2.45) is 0 Å². The molecule has 5 heteroatoms. The summed E-state index contributed by atoms with van der Waals surface area (Å²) in [6, 6.07) is 8.58. The van der Waals surface area contributed by atoms with Crippen molar-refractivity contribution in [1.29, 1.82) is 0 Å². The molecular weight excluding hydrogens is 350 g/mol. The van der Waals surface area contributed by atoms with Gasteiger partial charge in [0.25, 0.3) is 0 Å². The summed E-state index contributed by atoms with van der Waals surface area (Å²) in [7, 11) is 3.66. The minimum atomic E-state index is 0.203. The number of hydrogen-bond donors (Lipinski definition) is 1. The van der Waals surface area contributed by atoms with Gasteiger partial charge in [-0.1, -0.05) is 6.07 Å². The quantitative estimate of drug-likeness (QED) is 0.743. The molecule has 0 radical (unpaired) electrons. The van der Waals surface area contributed by atoms with E-state index in [-0.39, 0.29) is 6.04 Å². The molecule has 2 aromatic rings. The lowest BCUT2D eigenvalue weighted by molar-refractivity contribution is 0.146. The number of hydrogen-bond acceptors (Lipinski definition) is 4. The van der Waals surface area contributed by atoms with Crippen molar-refractivity contribution < 1.29 is 9.47 Å². The smallest absolute Gasteiger partial charge is 0.133 e. The standard InChI is InChI=1S/C16H20BrNO2S/c1-11-6-9-21-16(11)15(18-2)12-4-5-14(13(17)10-12)20-8-7-19-3/h4-6,9-10,15,18H,7-8H2,1-3H3. The Morgan fingerprint density at radius 3 is 2.67 bits per heavy atom. The Morgan fingerprint density at radius 1 is 1.29 bits per heavy atom. The minimum Gasteiger partial charge on any atom is -0.490 e. The zero-order valence-electron chi connectivity index (χ0n) is 12.5. The van der Waals surface area contributed by atoms with Crippen LogP contribution in [0.15, 0.2) is 34.1 Å². The molecule has 1 atom stereocenters. The van der Waals surface area contributed by atoms with Crippen LogP contribution in [-0.2, 0) is 4.74 Å². The van der Waals surface area contributed by atoms with Crippen LogP contribution >= 0.6 is 27.3 Å². The Hall–Kier alpha value is -0.880. The fraction of sp³-hybridized carbons (Fsp3) is 0.375. The fourth-order valence-electron chi connectivity index (χ4n) is 2.18. The van der Waals surface area contributed by atoms with Crippen molar-refractivity contribution in [2.45, 2.75) is 13.0 Å². The number of benzene rings is 1. The van der Waals surface area contributed by atoms with Crippen LogP contribution in [0, 0.1) is 6.92 Å². The molecule has 114 valence electrons. The van der Waals surface area contributed by atoms with Crippen LogP contribution < -0.4 is 10.1 Å². The average molecular weight is 370 g/mol. The first-order valence-electron chi connectivity index (χ1n) is 6.79. The molecule has 1 heterocycles. The van der Waals surface area contributed by atoms with Crippen molar-refractivity contribution in [3.05, 3.63) is 50.1 Å². The average Bonchev–Trinajstić information content (AvgIpc) is 2.89. The number of halogens is 1. The summed E-state index contributed by atoms with van der Waals surface area (Å²) in [4.78, 5) is 1.34. The van der Waals surface area contributed by atoms with Crippen LogP contribution in [0.25, 0.3) is 0 Å². The van der Waals surface area contributed by atoms with Crippen molar-refractivity contribution in [2.75, 3.05) is 27.4 Å². The third kappa shape index (κ3) is 4.07. The molecule has 0 amide bonds. The SMILES string of the molecule is CNC(c1ccc(OCCOC)c(Br)c1)c1sccc1C. The van der Waals surface area contributed by atoms with E-state index in [2.05, 4.69) is 51.7 Å². The van der Waals surface area contributed by atoms with Gasteiger partial charge in [-0.2, -0.15) is 0 Å². The predicted octanol–water partition coefficient (Wildman–Crippen LogP) is 4.15. The second-order valence-corrected chi connectivity index (χ2v) is 6.52. The van der Waals surface area contributed by atoms with Gasteiger partial charge in [-0.15, -0.1) is 11.3 Å². The second-order valence-electron chi connectivity index (χ2n) is 4.72. The summed E-state index contributed by atoms with van der Waals surface area (Å²) < 4.78 is 11.6. The Balaban J connectivity index is 2.20. The Kier molecular flexibility index (Phi) is 6.23. The Bertz CT molecular complexity index is 585. The van der Waals surface area contributed by atoms with E-state index < -0.39 is 0 Å². The van der Waals surface area contributed by atoms with Crippen LogP contribution in [0.3, 0.4) is 0 Å². The van der Waals surface area contributed by atoms with Crippen molar-refractivity contribution >= 4 is 27.3 Å². The molecule has 1 aromatic heterocycles. The molecule has 2 rings (SSSR count). The maximum atomic E-state index is 5.67. The molecule has 0 saturated heterocycles. The highest BCUT2D eigenvalue weighted by molar-refractivity contribution is 9.10. The lowest BCUT2D eigenvalue weighted by Crippen LogP contribution is -2.17. The zero-order valence-corrected chi connectivity index (χ0v) is 14.9. The van der Waals surface area contributed by atoms with Crippen LogP contribution in [0.1, 0.15) is 22.0 Å². The summed E-state index contributed by atoms with van der Waals surface area (Å²) in [5.41, 5.74) is 2.53. The molecule has 1 unspecified atom stereocenters. The van der Waals surface area contributed by atoms with Crippen molar-refractivity contribution in [3.8, 4) is 5.75 Å². The van der Waals surface area contributed by atoms with E-state index in [0.29, 0.717) is 13.2 Å². The fourth-order valence-corrected chi connectivity index (χ4v) is 3.75. The van der Waals surface area contributed by atoms with Crippen LogP contribution in [0.5, 0.6) is 5.75 Å².